The number of anilines is 1. The summed E-state index contributed by atoms with van der Waals surface area (Å²) < 4.78 is 1.80. The molecular formula is C20H22N4O2S2. The molecule has 1 aromatic carbocycles. The second-order valence-corrected chi connectivity index (χ2v) is 9.18. The van der Waals surface area contributed by atoms with Gasteiger partial charge in [-0.15, -0.1) is 11.3 Å². The van der Waals surface area contributed by atoms with Gasteiger partial charge in [0.25, 0.3) is 11.8 Å². The molecular weight excluding hydrogens is 392 g/mol. The lowest BCUT2D eigenvalue weighted by Crippen LogP contribution is -2.37. The van der Waals surface area contributed by atoms with Gasteiger partial charge in [0.1, 0.15) is 4.83 Å². The summed E-state index contributed by atoms with van der Waals surface area (Å²) in [4.78, 5) is 28.9. The highest BCUT2D eigenvalue weighted by Gasteiger charge is 2.20. The second-order valence-electron chi connectivity index (χ2n) is 6.93. The number of benzene rings is 1. The Bertz CT molecular complexity index is 1030. The summed E-state index contributed by atoms with van der Waals surface area (Å²) in [6.45, 7) is 5.44. The summed E-state index contributed by atoms with van der Waals surface area (Å²) in [5, 5.41) is 8.36. The van der Waals surface area contributed by atoms with Crippen LogP contribution in [0.1, 0.15) is 31.3 Å². The molecule has 0 radical (unpaired) electrons. The van der Waals surface area contributed by atoms with Gasteiger partial charge in [0.15, 0.2) is 0 Å². The largest absolute Gasteiger partial charge is 0.337 e. The highest BCUT2D eigenvalue weighted by molar-refractivity contribution is 7.99. The van der Waals surface area contributed by atoms with Gasteiger partial charge in [0.05, 0.1) is 10.6 Å². The Labute approximate surface area is 171 Å². The number of hydrogen-bond donors (Lipinski definition) is 1. The van der Waals surface area contributed by atoms with Crippen molar-refractivity contribution in [1.29, 1.82) is 0 Å². The molecule has 1 fully saturated rings. The molecule has 0 spiro atoms. The molecule has 6 nitrogen and oxygen atoms in total. The third-order valence-corrected chi connectivity index (χ3v) is 7.08. The fourth-order valence-corrected chi connectivity index (χ4v) is 5.31. The molecule has 1 aliphatic heterocycles. The molecule has 0 atom stereocenters. The first-order valence-electron chi connectivity index (χ1n) is 9.16. The second kappa shape index (κ2) is 7.60. The van der Waals surface area contributed by atoms with Gasteiger partial charge in [-0.1, -0.05) is 0 Å². The smallest absolute Gasteiger partial charge is 0.265 e. The lowest BCUT2D eigenvalue weighted by molar-refractivity contribution is 0.0772. The van der Waals surface area contributed by atoms with Gasteiger partial charge in [-0.2, -0.15) is 16.9 Å². The molecule has 28 heavy (non-hydrogen) atoms. The molecule has 146 valence electrons. The van der Waals surface area contributed by atoms with E-state index in [1.807, 2.05) is 55.8 Å². The van der Waals surface area contributed by atoms with Crippen LogP contribution >= 0.6 is 23.1 Å². The number of nitrogens with zero attached hydrogens (tertiary/aromatic N) is 3. The van der Waals surface area contributed by atoms with E-state index in [9.17, 15) is 9.59 Å². The first-order valence-corrected chi connectivity index (χ1v) is 11.1. The average molecular weight is 415 g/mol. The van der Waals surface area contributed by atoms with Crippen molar-refractivity contribution in [1.82, 2.24) is 14.7 Å². The molecule has 1 saturated heterocycles. The molecule has 1 aliphatic rings. The predicted octanol–water partition coefficient (Wildman–Crippen LogP) is 3.69. The lowest BCUT2D eigenvalue weighted by atomic mass is 10.1. The monoisotopic (exact) mass is 414 g/mol. The van der Waals surface area contributed by atoms with E-state index < -0.39 is 0 Å². The number of thiophene rings is 1. The number of hydrogen-bond acceptors (Lipinski definition) is 5. The normalized spacial score (nSPS) is 14.5. The van der Waals surface area contributed by atoms with Crippen LogP contribution in [0.3, 0.4) is 0 Å². The SMILES string of the molecule is Cc1cc(C(=O)N2CCSCC2)ccc1NC(=O)c1cc2c(C)nn(C)c2s1. The Morgan fingerprint density at radius 1 is 1.14 bits per heavy atom. The Morgan fingerprint density at radius 2 is 1.89 bits per heavy atom. The number of fused-ring (bicyclic) bond motifs is 1. The predicted molar refractivity (Wildman–Crippen MR) is 116 cm³/mol. The van der Waals surface area contributed by atoms with E-state index in [0.717, 1.165) is 51.8 Å². The zero-order valence-electron chi connectivity index (χ0n) is 16.1. The van der Waals surface area contributed by atoms with E-state index in [4.69, 9.17) is 0 Å². The minimum atomic E-state index is -0.143. The van der Waals surface area contributed by atoms with Crippen molar-refractivity contribution in [3.63, 3.8) is 0 Å². The zero-order chi connectivity index (χ0) is 19.8. The summed E-state index contributed by atoms with van der Waals surface area (Å²) in [5.41, 5.74) is 3.20. The molecule has 3 aromatic rings. The van der Waals surface area contributed by atoms with E-state index in [-0.39, 0.29) is 11.8 Å². The fourth-order valence-electron chi connectivity index (χ4n) is 3.39. The molecule has 0 unspecified atom stereocenters. The van der Waals surface area contributed by atoms with Gasteiger partial charge in [-0.3, -0.25) is 14.3 Å². The quantitative estimate of drug-likeness (QED) is 0.710. The number of amides is 2. The third-order valence-electron chi connectivity index (χ3n) is 4.94. The van der Waals surface area contributed by atoms with Crippen molar-refractivity contribution < 1.29 is 9.59 Å². The van der Waals surface area contributed by atoms with Crippen LogP contribution in [0.4, 0.5) is 5.69 Å². The maximum Gasteiger partial charge on any atom is 0.265 e. The van der Waals surface area contributed by atoms with Crippen molar-refractivity contribution in [3.05, 3.63) is 46.0 Å². The molecule has 3 heterocycles. The Balaban J connectivity index is 1.51. The zero-order valence-corrected chi connectivity index (χ0v) is 17.7. The first kappa shape index (κ1) is 19.0. The fraction of sp³-hybridized carbons (Fsp3) is 0.350. The van der Waals surface area contributed by atoms with Crippen molar-refractivity contribution in [2.24, 2.45) is 7.05 Å². The van der Waals surface area contributed by atoms with Crippen LogP contribution < -0.4 is 5.32 Å². The molecule has 2 amide bonds. The van der Waals surface area contributed by atoms with Crippen LogP contribution in [0.2, 0.25) is 0 Å². The third kappa shape index (κ3) is 3.54. The van der Waals surface area contributed by atoms with Crippen molar-refractivity contribution in [2.45, 2.75) is 13.8 Å². The number of nitrogens with one attached hydrogen (secondary N) is 1. The van der Waals surface area contributed by atoms with E-state index in [0.29, 0.717) is 10.4 Å². The van der Waals surface area contributed by atoms with E-state index >= 15 is 0 Å². The molecule has 2 aromatic heterocycles. The average Bonchev–Trinajstić information content (AvgIpc) is 3.25. The van der Waals surface area contributed by atoms with E-state index in [2.05, 4.69) is 10.4 Å². The lowest BCUT2D eigenvalue weighted by Gasteiger charge is -2.26. The Hall–Kier alpha value is -2.32. The molecule has 8 heteroatoms. The molecule has 1 N–H and O–H groups in total. The van der Waals surface area contributed by atoms with E-state index in [1.54, 1.807) is 10.7 Å². The standard InChI is InChI=1S/C20H22N4O2S2/c1-12-10-14(19(26)24-6-8-27-9-7-24)4-5-16(12)21-18(25)17-11-15-13(2)22-23(3)20(15)28-17/h4-5,10-11H,6-9H2,1-3H3,(H,21,25). The minimum absolute atomic E-state index is 0.0637. The highest BCUT2D eigenvalue weighted by Crippen LogP contribution is 2.28. The van der Waals surface area contributed by atoms with Crippen LogP contribution in [0, 0.1) is 13.8 Å². The number of aryl methyl sites for hydroxylation is 3. The maximum absolute atomic E-state index is 12.7. The van der Waals surface area contributed by atoms with Gasteiger partial charge in [0.2, 0.25) is 0 Å². The van der Waals surface area contributed by atoms with Crippen molar-refractivity contribution in [2.75, 3.05) is 29.9 Å². The summed E-state index contributed by atoms with van der Waals surface area (Å²) in [7, 11) is 1.88. The number of rotatable bonds is 3. The molecule has 0 aliphatic carbocycles. The molecule has 4 rings (SSSR count). The first-order chi connectivity index (χ1) is 13.4. The van der Waals surface area contributed by atoms with Crippen molar-refractivity contribution in [3.8, 4) is 0 Å². The molecule has 0 saturated carbocycles. The number of thioether (sulfide) groups is 1. The van der Waals surface area contributed by atoms with Gasteiger partial charge in [0, 0.05) is 48.3 Å². The summed E-state index contributed by atoms with van der Waals surface area (Å²) in [5.74, 6) is 1.90. The summed E-state index contributed by atoms with van der Waals surface area (Å²) in [6, 6.07) is 7.36. The number of carbonyl (C=O) groups is 2. The Morgan fingerprint density at radius 3 is 2.57 bits per heavy atom. The van der Waals surface area contributed by atoms with Crippen LogP contribution in [-0.2, 0) is 7.05 Å². The maximum atomic E-state index is 12.7. The minimum Gasteiger partial charge on any atom is -0.337 e. The van der Waals surface area contributed by atoms with Crippen LogP contribution in [0.25, 0.3) is 10.2 Å². The van der Waals surface area contributed by atoms with Gasteiger partial charge in [-0.25, -0.2) is 0 Å². The van der Waals surface area contributed by atoms with Gasteiger partial charge in [-0.05, 0) is 43.7 Å². The number of carbonyl (C=O) groups excluding carboxylic acids is 2. The van der Waals surface area contributed by atoms with Gasteiger partial charge < -0.3 is 10.2 Å². The Kier molecular flexibility index (Phi) is 5.16. The van der Waals surface area contributed by atoms with Crippen LogP contribution in [0.5, 0.6) is 0 Å². The van der Waals surface area contributed by atoms with E-state index in [1.165, 1.54) is 11.3 Å². The highest BCUT2D eigenvalue weighted by atomic mass is 32.2. The van der Waals surface area contributed by atoms with Crippen LogP contribution in [-0.4, -0.2) is 51.1 Å². The summed E-state index contributed by atoms with van der Waals surface area (Å²) in [6.07, 6.45) is 0. The van der Waals surface area contributed by atoms with Crippen molar-refractivity contribution >= 4 is 50.8 Å². The topological polar surface area (TPSA) is 67.2 Å². The molecule has 0 bridgehead atoms. The number of aromatic nitrogens is 2. The van der Waals surface area contributed by atoms with Crippen LogP contribution in [0.15, 0.2) is 24.3 Å². The summed E-state index contributed by atoms with van der Waals surface area (Å²) >= 11 is 3.31. The van der Waals surface area contributed by atoms with Gasteiger partial charge >= 0.3 is 0 Å².